The zero-order chi connectivity index (χ0) is 20.1. The maximum Gasteiger partial charge on any atom is 0.512 e. The molecule has 0 aliphatic heterocycles. The van der Waals surface area contributed by atoms with Crippen LogP contribution in [0.25, 0.3) is 0 Å². The monoisotopic (exact) mass is 441 g/mol. The second-order valence-corrected chi connectivity index (χ2v) is 10.4. The van der Waals surface area contributed by atoms with Gasteiger partial charge in [-0.1, -0.05) is 17.6 Å². The minimum Gasteiger partial charge on any atom is -0.396 e. The summed E-state index contributed by atoms with van der Waals surface area (Å²) in [6.45, 7) is 2.85. The van der Waals surface area contributed by atoms with Crippen LogP contribution < -0.4 is 0 Å². The Morgan fingerprint density at radius 1 is 0.800 bits per heavy atom. The SMILES string of the molecule is CCCO[SiH](CN(S(=O)(=O)C(F)(F)F)S(=O)(=O)C(F)(F)F)OCCC. The van der Waals surface area contributed by atoms with E-state index >= 15 is 0 Å². The quantitative estimate of drug-likeness (QED) is 0.378. The van der Waals surface area contributed by atoms with Crippen molar-refractivity contribution in [1.29, 1.82) is 0 Å². The fourth-order valence-corrected chi connectivity index (χ4v) is 7.18. The first-order valence-corrected chi connectivity index (χ1v) is 11.4. The Kier molecular flexibility index (Phi) is 8.83. The Morgan fingerprint density at radius 2 is 1.12 bits per heavy atom. The molecule has 0 aromatic rings. The highest BCUT2D eigenvalue weighted by Gasteiger charge is 2.62. The summed E-state index contributed by atoms with van der Waals surface area (Å²) in [4.78, 5) is 0. The van der Waals surface area contributed by atoms with E-state index in [0.29, 0.717) is 12.8 Å². The Hall–Kier alpha value is -0.423. The van der Waals surface area contributed by atoms with Crippen LogP contribution in [-0.4, -0.2) is 60.2 Å². The third kappa shape index (κ3) is 6.35. The highest BCUT2D eigenvalue weighted by Crippen LogP contribution is 2.35. The first-order valence-electron chi connectivity index (χ1n) is 6.76. The molecular formula is C9H17F6NO6S2Si. The van der Waals surface area contributed by atoms with Crippen molar-refractivity contribution in [3.8, 4) is 0 Å². The van der Waals surface area contributed by atoms with Crippen molar-refractivity contribution >= 4 is 29.3 Å². The fourth-order valence-electron chi connectivity index (χ4n) is 1.33. The van der Waals surface area contributed by atoms with Crippen molar-refractivity contribution in [2.24, 2.45) is 0 Å². The lowest BCUT2D eigenvalue weighted by Crippen LogP contribution is -2.53. The summed E-state index contributed by atoms with van der Waals surface area (Å²) in [5.74, 6) is 0. The van der Waals surface area contributed by atoms with Gasteiger partial charge in [0, 0.05) is 13.2 Å². The van der Waals surface area contributed by atoms with Crippen LogP contribution in [-0.2, 0) is 28.9 Å². The molecule has 0 fully saturated rings. The van der Waals surface area contributed by atoms with Gasteiger partial charge in [0.15, 0.2) is 0 Å². The van der Waals surface area contributed by atoms with Crippen LogP contribution in [0.1, 0.15) is 26.7 Å². The van der Waals surface area contributed by atoms with Crippen molar-refractivity contribution in [3.63, 3.8) is 0 Å². The maximum atomic E-state index is 12.6. The number of nitrogens with zero attached hydrogens (tertiary/aromatic N) is 1. The third-order valence-electron chi connectivity index (χ3n) is 2.44. The largest absolute Gasteiger partial charge is 0.512 e. The van der Waals surface area contributed by atoms with Crippen molar-refractivity contribution in [1.82, 2.24) is 3.71 Å². The Balaban J connectivity index is 5.98. The normalized spacial score (nSPS) is 14.5. The molecule has 25 heavy (non-hydrogen) atoms. The van der Waals surface area contributed by atoms with Crippen LogP contribution in [0.2, 0.25) is 0 Å². The fraction of sp³-hybridized carbons (Fsp3) is 1.00. The van der Waals surface area contributed by atoms with Gasteiger partial charge in [0.25, 0.3) is 0 Å². The number of hydrogen-bond donors (Lipinski definition) is 0. The molecule has 152 valence electrons. The highest BCUT2D eigenvalue weighted by molar-refractivity contribution is 8.04. The summed E-state index contributed by atoms with van der Waals surface area (Å²) in [6, 6.07) is 0. The van der Waals surface area contributed by atoms with Gasteiger partial charge in [-0.2, -0.15) is 26.3 Å². The second kappa shape index (κ2) is 8.98. The Bertz CT molecular complexity index is 567. The molecule has 0 saturated carbocycles. The van der Waals surface area contributed by atoms with E-state index in [-0.39, 0.29) is 13.2 Å². The maximum absolute atomic E-state index is 12.6. The highest BCUT2D eigenvalue weighted by atomic mass is 32.3. The van der Waals surface area contributed by atoms with Crippen molar-refractivity contribution in [3.05, 3.63) is 0 Å². The van der Waals surface area contributed by atoms with E-state index < -0.39 is 50.2 Å². The van der Waals surface area contributed by atoms with E-state index in [1.807, 2.05) is 0 Å². The molecule has 0 saturated heterocycles. The van der Waals surface area contributed by atoms with Gasteiger partial charge in [-0.3, -0.25) is 0 Å². The van der Waals surface area contributed by atoms with E-state index in [1.54, 1.807) is 13.8 Å². The summed E-state index contributed by atoms with van der Waals surface area (Å²) in [5, 5.41) is 0. The Morgan fingerprint density at radius 3 is 1.36 bits per heavy atom. The number of sulfonamides is 2. The van der Waals surface area contributed by atoms with E-state index in [9.17, 15) is 43.2 Å². The predicted molar refractivity (Wildman–Crippen MR) is 76.3 cm³/mol. The molecule has 0 rings (SSSR count). The molecule has 0 radical (unpaired) electrons. The number of hydrogen-bond acceptors (Lipinski definition) is 6. The molecule has 0 spiro atoms. The van der Waals surface area contributed by atoms with E-state index in [0.717, 1.165) is 0 Å². The van der Waals surface area contributed by atoms with Gasteiger partial charge in [0.05, 0.1) is 6.17 Å². The molecule has 0 aromatic carbocycles. The lowest BCUT2D eigenvalue weighted by molar-refractivity contribution is -0.0527. The summed E-state index contributed by atoms with van der Waals surface area (Å²) < 4.78 is 129. The average molecular weight is 441 g/mol. The molecule has 0 unspecified atom stereocenters. The number of alkyl halides is 6. The van der Waals surface area contributed by atoms with Crippen molar-refractivity contribution in [2.75, 3.05) is 19.4 Å². The van der Waals surface area contributed by atoms with Crippen LogP contribution in [0, 0.1) is 0 Å². The molecule has 0 bridgehead atoms. The molecule has 16 heteroatoms. The summed E-state index contributed by atoms with van der Waals surface area (Å²) in [6.07, 6.45) is -1.09. The number of halogens is 6. The molecule has 0 heterocycles. The number of rotatable bonds is 10. The zero-order valence-electron chi connectivity index (χ0n) is 13.1. The van der Waals surface area contributed by atoms with Gasteiger partial charge in [0.2, 0.25) is 0 Å². The lowest BCUT2D eigenvalue weighted by Gasteiger charge is -2.26. The molecule has 7 nitrogen and oxygen atoms in total. The average Bonchev–Trinajstić information content (AvgIpc) is 2.43. The van der Waals surface area contributed by atoms with Crippen molar-refractivity contribution < 1.29 is 52.0 Å². The van der Waals surface area contributed by atoms with Crippen LogP contribution in [0.4, 0.5) is 26.3 Å². The standard InChI is InChI=1S/C9H17F6NO6S2Si/c1-3-5-21-25(22-6-4-2)7-16(23(17,18)8(10,11)12)24(19,20)9(13,14)15/h25H,3-7H2,1-2H3. The molecule has 0 aromatic heterocycles. The minimum atomic E-state index is -6.82. The van der Waals surface area contributed by atoms with Crippen LogP contribution in [0.15, 0.2) is 0 Å². The molecule has 0 atom stereocenters. The van der Waals surface area contributed by atoms with Gasteiger partial charge < -0.3 is 8.85 Å². The smallest absolute Gasteiger partial charge is 0.396 e. The zero-order valence-corrected chi connectivity index (χ0v) is 15.9. The van der Waals surface area contributed by atoms with Crippen LogP contribution in [0.3, 0.4) is 0 Å². The first kappa shape index (κ1) is 24.6. The lowest BCUT2D eigenvalue weighted by atomic mass is 10.5. The minimum absolute atomic E-state index is 0.146. The third-order valence-corrected chi connectivity index (χ3v) is 8.56. The molecule has 0 aliphatic rings. The van der Waals surface area contributed by atoms with Gasteiger partial charge in [0.1, 0.15) is 0 Å². The predicted octanol–water partition coefficient (Wildman–Crippen LogP) is 1.60. The summed E-state index contributed by atoms with van der Waals surface area (Å²) in [5.41, 5.74) is -12.5. The molecular weight excluding hydrogens is 424 g/mol. The Labute approximate surface area is 142 Å². The van der Waals surface area contributed by atoms with Crippen molar-refractivity contribution in [2.45, 2.75) is 37.7 Å². The topological polar surface area (TPSA) is 90.0 Å². The molecule has 0 aliphatic carbocycles. The van der Waals surface area contributed by atoms with Gasteiger partial charge in [-0.25, -0.2) is 16.8 Å². The first-order chi connectivity index (χ1) is 11.1. The molecule has 0 N–H and O–H groups in total. The van der Waals surface area contributed by atoms with Gasteiger partial charge in [-0.15, -0.1) is 0 Å². The van der Waals surface area contributed by atoms with Crippen LogP contribution >= 0.6 is 0 Å². The van der Waals surface area contributed by atoms with E-state index in [4.69, 9.17) is 8.85 Å². The van der Waals surface area contributed by atoms with E-state index in [2.05, 4.69) is 0 Å². The van der Waals surface area contributed by atoms with Gasteiger partial charge >= 0.3 is 40.3 Å². The molecule has 0 amide bonds. The summed E-state index contributed by atoms with van der Waals surface area (Å²) in [7, 11) is -17.2. The van der Waals surface area contributed by atoms with Gasteiger partial charge in [-0.05, 0) is 12.8 Å². The van der Waals surface area contributed by atoms with E-state index in [1.165, 1.54) is 0 Å². The second-order valence-electron chi connectivity index (χ2n) is 4.53. The summed E-state index contributed by atoms with van der Waals surface area (Å²) >= 11 is 0. The van der Waals surface area contributed by atoms with Crippen LogP contribution in [0.5, 0.6) is 0 Å².